The van der Waals surface area contributed by atoms with E-state index in [0.29, 0.717) is 5.02 Å². The summed E-state index contributed by atoms with van der Waals surface area (Å²) in [6.45, 7) is 0. The molecule has 0 bridgehead atoms. The average Bonchev–Trinajstić information content (AvgIpc) is 2.02. The van der Waals surface area contributed by atoms with E-state index in [0.717, 1.165) is 0 Å². The van der Waals surface area contributed by atoms with Crippen LogP contribution in [-0.2, 0) is 4.57 Å². The average molecular weight is 255 g/mol. The van der Waals surface area contributed by atoms with Crippen LogP contribution in [0.25, 0.3) is 0 Å². The Kier molecular flexibility index (Phi) is 3.69. The van der Waals surface area contributed by atoms with Crippen LogP contribution in [0.15, 0.2) is 12.1 Å². The molecule has 1 aromatic carbocycles. The Morgan fingerprint density at radius 2 is 1.62 bits per heavy atom. The number of hydrogen-bond donors (Lipinski definition) is 0. The third-order valence-corrected chi connectivity index (χ3v) is 2.51. The Balaban J connectivity index is 3.36. The smallest absolute Gasteiger partial charge is 0.256 e. The molecule has 0 fully saturated rings. The molecule has 0 radical (unpaired) electrons. The molecule has 0 saturated heterocycles. The zero-order chi connectivity index (χ0) is 10.0. The number of halogens is 3. The number of hydrogen-bond acceptors (Lipinski definition) is 2. The predicted octanol–water partition coefficient (Wildman–Crippen LogP) is 4.08. The van der Waals surface area contributed by atoms with E-state index in [1.54, 1.807) is 0 Å². The van der Waals surface area contributed by atoms with Crippen LogP contribution >= 0.6 is 43.3 Å². The summed E-state index contributed by atoms with van der Waals surface area (Å²) in [5.74, 6) is 0. The quantitative estimate of drug-likeness (QED) is 0.746. The van der Waals surface area contributed by atoms with E-state index in [2.05, 4.69) is 0 Å². The van der Waals surface area contributed by atoms with Gasteiger partial charge in [-0.25, -0.2) is 0 Å². The third kappa shape index (κ3) is 2.41. The van der Waals surface area contributed by atoms with E-state index in [-0.39, 0.29) is 15.6 Å². The van der Waals surface area contributed by atoms with Gasteiger partial charge in [0.2, 0.25) is 8.46 Å². The SMILES string of the molecule is O=PC(=O)c1c(Cl)cc(Cl)cc1Cl. The molecule has 1 aromatic rings. The van der Waals surface area contributed by atoms with Gasteiger partial charge in [-0.3, -0.25) is 9.36 Å². The maximum Gasteiger partial charge on any atom is 0.256 e. The molecule has 0 aliphatic rings. The van der Waals surface area contributed by atoms with Crippen LogP contribution in [-0.4, -0.2) is 5.52 Å². The standard InChI is InChI=1S/C7H2Cl3O2P/c8-3-1-4(9)6(5(10)2-3)7(11)13-12/h1-2H. The van der Waals surface area contributed by atoms with Crippen LogP contribution in [0.4, 0.5) is 0 Å². The summed E-state index contributed by atoms with van der Waals surface area (Å²) < 4.78 is 10.3. The highest BCUT2D eigenvalue weighted by Crippen LogP contribution is 2.31. The lowest BCUT2D eigenvalue weighted by molar-refractivity contribution is 0.108. The molecule has 0 aliphatic heterocycles. The van der Waals surface area contributed by atoms with Crippen molar-refractivity contribution < 1.29 is 9.36 Å². The Labute approximate surface area is 91.0 Å². The van der Waals surface area contributed by atoms with Crippen LogP contribution < -0.4 is 0 Å². The van der Waals surface area contributed by atoms with Gasteiger partial charge in [0.05, 0.1) is 15.6 Å². The Morgan fingerprint density at radius 1 is 1.15 bits per heavy atom. The Morgan fingerprint density at radius 3 is 2.00 bits per heavy atom. The monoisotopic (exact) mass is 254 g/mol. The molecule has 0 N–H and O–H groups in total. The Hall–Kier alpha value is -0.140. The van der Waals surface area contributed by atoms with E-state index in [1.807, 2.05) is 0 Å². The molecule has 0 unspecified atom stereocenters. The van der Waals surface area contributed by atoms with Gasteiger partial charge in [0.25, 0.3) is 5.52 Å². The zero-order valence-electron chi connectivity index (χ0n) is 6.05. The topological polar surface area (TPSA) is 34.1 Å². The lowest BCUT2D eigenvalue weighted by atomic mass is 10.2. The van der Waals surface area contributed by atoms with Crippen molar-refractivity contribution in [1.82, 2.24) is 0 Å². The van der Waals surface area contributed by atoms with Gasteiger partial charge in [0, 0.05) is 5.02 Å². The molecule has 6 heteroatoms. The zero-order valence-corrected chi connectivity index (χ0v) is 9.21. The Bertz CT molecular complexity index is 355. The maximum absolute atomic E-state index is 11.0. The largest absolute Gasteiger partial charge is 0.280 e. The van der Waals surface area contributed by atoms with Gasteiger partial charge in [-0.2, -0.15) is 0 Å². The van der Waals surface area contributed by atoms with E-state index in [9.17, 15) is 9.36 Å². The molecule has 0 saturated carbocycles. The second-order valence-electron chi connectivity index (χ2n) is 2.14. The number of rotatable bonds is 2. The second-order valence-corrected chi connectivity index (χ2v) is 3.98. The highest BCUT2D eigenvalue weighted by atomic mass is 35.5. The van der Waals surface area contributed by atoms with Crippen molar-refractivity contribution in [2.75, 3.05) is 0 Å². The molecule has 0 spiro atoms. The fourth-order valence-corrected chi connectivity index (χ4v) is 2.24. The van der Waals surface area contributed by atoms with Gasteiger partial charge < -0.3 is 0 Å². The van der Waals surface area contributed by atoms with Crippen molar-refractivity contribution in [3.05, 3.63) is 32.8 Å². The molecular weight excluding hydrogens is 253 g/mol. The van der Waals surface area contributed by atoms with Crippen LogP contribution in [0, 0.1) is 0 Å². The van der Waals surface area contributed by atoms with E-state index in [4.69, 9.17) is 34.8 Å². The summed E-state index contributed by atoms with van der Waals surface area (Å²) in [5, 5.41) is 0.533. The minimum atomic E-state index is -0.660. The normalized spacial score (nSPS) is 10.4. The molecule has 13 heavy (non-hydrogen) atoms. The van der Waals surface area contributed by atoms with Crippen molar-refractivity contribution in [3.8, 4) is 0 Å². The van der Waals surface area contributed by atoms with Gasteiger partial charge in [0.1, 0.15) is 0 Å². The van der Waals surface area contributed by atoms with E-state index < -0.39 is 14.0 Å². The van der Waals surface area contributed by atoms with Gasteiger partial charge in [0.15, 0.2) is 0 Å². The molecule has 1 rings (SSSR count). The summed E-state index contributed by atoms with van der Waals surface area (Å²) in [6, 6.07) is 2.74. The first kappa shape index (κ1) is 10.9. The van der Waals surface area contributed by atoms with Crippen LogP contribution in [0.1, 0.15) is 10.4 Å². The van der Waals surface area contributed by atoms with Crippen LogP contribution in [0.5, 0.6) is 0 Å². The van der Waals surface area contributed by atoms with Crippen molar-refractivity contribution >= 4 is 48.8 Å². The minimum Gasteiger partial charge on any atom is -0.280 e. The van der Waals surface area contributed by atoms with Crippen LogP contribution in [0.2, 0.25) is 15.1 Å². The summed E-state index contributed by atoms with van der Waals surface area (Å²) in [7, 11) is -0.646. The van der Waals surface area contributed by atoms with Crippen molar-refractivity contribution in [1.29, 1.82) is 0 Å². The first-order valence-electron chi connectivity index (χ1n) is 3.08. The van der Waals surface area contributed by atoms with Crippen molar-refractivity contribution in [3.63, 3.8) is 0 Å². The summed E-state index contributed by atoms with van der Waals surface area (Å²) >= 11 is 17.0. The fraction of sp³-hybridized carbons (Fsp3) is 0. The van der Waals surface area contributed by atoms with Crippen molar-refractivity contribution in [2.24, 2.45) is 0 Å². The summed E-state index contributed by atoms with van der Waals surface area (Å²) in [4.78, 5) is 11.0. The first-order chi connectivity index (χ1) is 6.06. The van der Waals surface area contributed by atoms with Gasteiger partial charge in [-0.1, -0.05) is 34.8 Å². The van der Waals surface area contributed by atoms with Gasteiger partial charge in [-0.05, 0) is 12.1 Å². The highest BCUT2D eigenvalue weighted by molar-refractivity contribution is 7.47. The molecule has 0 aliphatic carbocycles. The summed E-state index contributed by atoms with van der Waals surface area (Å²) in [6.07, 6.45) is 0. The minimum absolute atomic E-state index is 0.0319. The molecule has 68 valence electrons. The molecule has 2 nitrogen and oxygen atoms in total. The molecule has 0 atom stereocenters. The predicted molar refractivity (Wildman–Crippen MR) is 53.4 cm³/mol. The lowest BCUT2D eigenvalue weighted by Crippen LogP contribution is -1.92. The second kappa shape index (κ2) is 4.39. The number of carbonyl (C=O) groups is 1. The maximum atomic E-state index is 11.0. The fourth-order valence-electron chi connectivity index (χ4n) is 0.792. The van der Waals surface area contributed by atoms with Gasteiger partial charge in [-0.15, -0.1) is 0 Å². The van der Waals surface area contributed by atoms with Crippen LogP contribution in [0.3, 0.4) is 0 Å². The third-order valence-electron chi connectivity index (χ3n) is 1.30. The number of benzene rings is 1. The first-order valence-corrected chi connectivity index (χ1v) is 5.03. The van der Waals surface area contributed by atoms with Crippen molar-refractivity contribution in [2.45, 2.75) is 0 Å². The van der Waals surface area contributed by atoms with E-state index in [1.165, 1.54) is 12.1 Å². The molecule has 0 heterocycles. The number of carbonyl (C=O) groups excluding carboxylic acids is 1. The summed E-state index contributed by atoms with van der Waals surface area (Å²) in [5.41, 5.74) is -0.629. The highest BCUT2D eigenvalue weighted by Gasteiger charge is 2.15. The molecular formula is C7H2Cl3O2P. The molecule has 0 amide bonds. The van der Waals surface area contributed by atoms with Gasteiger partial charge >= 0.3 is 0 Å². The molecule has 0 aromatic heterocycles. The lowest BCUT2D eigenvalue weighted by Gasteiger charge is -2.01. The van der Waals surface area contributed by atoms with E-state index >= 15 is 0 Å².